The number of amides is 2. The predicted molar refractivity (Wildman–Crippen MR) is 147 cm³/mol. The summed E-state index contributed by atoms with van der Waals surface area (Å²) < 4.78 is 97.7. The van der Waals surface area contributed by atoms with Gasteiger partial charge in [-0.05, 0) is 85.3 Å². The minimum absolute atomic E-state index is 0.0641. The molecule has 0 aromatic heterocycles. The van der Waals surface area contributed by atoms with E-state index >= 15 is 0 Å². The molecule has 11 heteroatoms. The third-order valence-corrected chi connectivity index (χ3v) is 7.58. The molecule has 2 N–H and O–H groups in total. The van der Waals surface area contributed by atoms with Gasteiger partial charge in [0, 0.05) is 17.8 Å². The van der Waals surface area contributed by atoms with Crippen LogP contribution < -0.4 is 10.6 Å². The number of carbonyl (C=O) groups is 2. The summed E-state index contributed by atoms with van der Waals surface area (Å²) in [5.41, 5.74) is -5.23. The number of anilines is 2. The zero-order chi connectivity index (χ0) is 31.7. The Hall–Kier alpha value is -3.89. The first-order chi connectivity index (χ1) is 19.3. The van der Waals surface area contributed by atoms with Crippen LogP contribution in [0.15, 0.2) is 60.7 Å². The van der Waals surface area contributed by atoms with E-state index in [1.165, 1.54) is 55.5 Å². The number of halogens is 7. The largest absolute Gasteiger partial charge is 0.426 e. The van der Waals surface area contributed by atoms with Gasteiger partial charge in [0.2, 0.25) is 17.5 Å². The Labute approximate surface area is 239 Å². The van der Waals surface area contributed by atoms with Crippen molar-refractivity contribution in [3.05, 3.63) is 94.0 Å². The lowest BCUT2D eigenvalue weighted by atomic mass is 9.75. The zero-order valence-electron chi connectivity index (χ0n) is 23.6. The number of hydrogen-bond acceptors (Lipinski definition) is 2. The second kappa shape index (κ2) is 11.8. The van der Waals surface area contributed by atoms with Crippen molar-refractivity contribution >= 4 is 23.2 Å². The molecule has 2 atom stereocenters. The first-order valence-corrected chi connectivity index (χ1v) is 13.0. The van der Waals surface area contributed by atoms with Crippen LogP contribution in [0.25, 0.3) is 0 Å². The van der Waals surface area contributed by atoms with Gasteiger partial charge >= 0.3 is 12.4 Å². The van der Waals surface area contributed by atoms with Crippen LogP contribution in [-0.4, -0.2) is 24.2 Å². The van der Waals surface area contributed by atoms with Crippen molar-refractivity contribution in [2.75, 3.05) is 10.6 Å². The zero-order valence-corrected chi connectivity index (χ0v) is 23.6. The van der Waals surface area contributed by atoms with Crippen molar-refractivity contribution < 1.29 is 40.3 Å². The van der Waals surface area contributed by atoms with Crippen LogP contribution in [0.5, 0.6) is 0 Å². The molecule has 0 aliphatic heterocycles. The number of alkyl halides is 7. The second-order valence-electron chi connectivity index (χ2n) is 10.5. The average Bonchev–Trinajstić information content (AvgIpc) is 2.90. The molecule has 3 aromatic carbocycles. The number of nitrogens with one attached hydrogen (secondary N) is 2. The van der Waals surface area contributed by atoms with Gasteiger partial charge < -0.3 is 10.6 Å². The quantitative estimate of drug-likeness (QED) is 0.257. The molecule has 3 rings (SSSR count). The lowest BCUT2D eigenvalue weighted by molar-refractivity contribution is -0.228. The number of benzene rings is 3. The van der Waals surface area contributed by atoms with E-state index < -0.39 is 34.9 Å². The first kappa shape index (κ1) is 32.6. The SMILES string of the molecule is CCC(=O)Nc1ccc(C(C)(c2ccc(NC(=O)Cc3cc(C(C)(F)C(F)(F)F)cc(C)c3C)cc2)C(F)(F)F)cc1. The molecule has 4 nitrogen and oxygen atoms in total. The predicted octanol–water partition coefficient (Wildman–Crippen LogP) is 8.45. The van der Waals surface area contributed by atoms with Gasteiger partial charge in [-0.15, -0.1) is 0 Å². The fourth-order valence-electron chi connectivity index (χ4n) is 4.45. The van der Waals surface area contributed by atoms with Crippen molar-refractivity contribution in [1.82, 2.24) is 0 Å². The van der Waals surface area contributed by atoms with Gasteiger partial charge in [-0.25, -0.2) is 4.39 Å². The molecular formula is C31H31F7N2O2. The summed E-state index contributed by atoms with van der Waals surface area (Å²) in [7, 11) is 0. The maximum Gasteiger partial charge on any atom is 0.426 e. The lowest BCUT2D eigenvalue weighted by Crippen LogP contribution is -2.40. The van der Waals surface area contributed by atoms with E-state index in [-0.39, 0.29) is 41.1 Å². The second-order valence-corrected chi connectivity index (χ2v) is 10.5. The van der Waals surface area contributed by atoms with Crippen molar-refractivity contribution in [2.24, 2.45) is 0 Å². The molecule has 3 aromatic rings. The molecule has 0 saturated heterocycles. The molecule has 0 heterocycles. The Balaban J connectivity index is 1.84. The number of hydrogen-bond donors (Lipinski definition) is 2. The molecule has 0 saturated carbocycles. The van der Waals surface area contributed by atoms with E-state index in [1.807, 2.05) is 0 Å². The standard InChI is InChI=1S/C31H31F7N2O2/c1-6-26(41)39-24-11-7-21(8-12-24)28(4,30(33,34)35)22-9-13-25(14-10-22)40-27(42)17-20-16-23(15-18(2)19(20)3)29(5,32)31(36,37)38/h7-16H,6,17H2,1-5H3,(H,39,41)(H,40,42). The highest BCUT2D eigenvalue weighted by Crippen LogP contribution is 2.47. The third-order valence-electron chi connectivity index (χ3n) is 7.58. The summed E-state index contributed by atoms with van der Waals surface area (Å²) in [5, 5.41) is 5.12. The fourth-order valence-corrected chi connectivity index (χ4v) is 4.45. The molecule has 0 aliphatic rings. The van der Waals surface area contributed by atoms with Crippen molar-refractivity contribution in [3.8, 4) is 0 Å². The van der Waals surface area contributed by atoms with Crippen LogP contribution >= 0.6 is 0 Å². The Morgan fingerprint density at radius 1 is 0.667 bits per heavy atom. The van der Waals surface area contributed by atoms with Crippen LogP contribution in [0, 0.1) is 13.8 Å². The van der Waals surface area contributed by atoms with E-state index in [1.54, 1.807) is 13.8 Å². The molecule has 0 bridgehead atoms. The van der Waals surface area contributed by atoms with Gasteiger partial charge in [0.05, 0.1) is 6.42 Å². The summed E-state index contributed by atoms with van der Waals surface area (Å²) in [5.74, 6) is -0.919. The average molecular weight is 597 g/mol. The molecule has 42 heavy (non-hydrogen) atoms. The van der Waals surface area contributed by atoms with E-state index in [9.17, 15) is 40.3 Å². The first-order valence-electron chi connectivity index (χ1n) is 13.0. The van der Waals surface area contributed by atoms with Gasteiger partial charge in [-0.1, -0.05) is 43.3 Å². The maximum absolute atomic E-state index is 14.6. The van der Waals surface area contributed by atoms with E-state index in [2.05, 4.69) is 10.6 Å². The van der Waals surface area contributed by atoms with Crippen LogP contribution in [-0.2, 0) is 27.1 Å². The highest BCUT2D eigenvalue weighted by molar-refractivity contribution is 5.92. The molecule has 226 valence electrons. The monoisotopic (exact) mass is 596 g/mol. The van der Waals surface area contributed by atoms with E-state index in [4.69, 9.17) is 0 Å². The van der Waals surface area contributed by atoms with Gasteiger partial charge in [-0.2, -0.15) is 26.3 Å². The van der Waals surface area contributed by atoms with Gasteiger partial charge in [0.15, 0.2) is 0 Å². The summed E-state index contributed by atoms with van der Waals surface area (Å²) in [6.45, 7) is 6.20. The van der Waals surface area contributed by atoms with Crippen molar-refractivity contribution in [3.63, 3.8) is 0 Å². The molecule has 2 amide bonds. The highest BCUT2D eigenvalue weighted by atomic mass is 19.4. The van der Waals surface area contributed by atoms with E-state index in [0.717, 1.165) is 19.1 Å². The van der Waals surface area contributed by atoms with Gasteiger partial charge in [0.25, 0.3) is 0 Å². The third kappa shape index (κ3) is 6.60. The maximum atomic E-state index is 14.6. The van der Waals surface area contributed by atoms with Crippen LogP contribution in [0.4, 0.5) is 42.1 Å². The van der Waals surface area contributed by atoms with Crippen LogP contribution in [0.3, 0.4) is 0 Å². The molecule has 0 aliphatic carbocycles. The fraction of sp³-hybridized carbons (Fsp3) is 0.355. The minimum Gasteiger partial charge on any atom is -0.326 e. The molecule has 0 fully saturated rings. The number of carbonyl (C=O) groups excluding carboxylic acids is 2. The van der Waals surface area contributed by atoms with Gasteiger partial charge in [-0.3, -0.25) is 9.59 Å². The number of rotatable bonds is 8. The Bertz CT molecular complexity index is 1440. The molecule has 0 spiro atoms. The normalized spacial score (nSPS) is 15.0. The summed E-state index contributed by atoms with van der Waals surface area (Å²) in [4.78, 5) is 24.4. The van der Waals surface area contributed by atoms with Crippen molar-refractivity contribution in [1.29, 1.82) is 0 Å². The molecular weight excluding hydrogens is 565 g/mol. The minimum atomic E-state index is -5.16. The summed E-state index contributed by atoms with van der Waals surface area (Å²) >= 11 is 0. The van der Waals surface area contributed by atoms with Gasteiger partial charge in [0.1, 0.15) is 5.41 Å². The Morgan fingerprint density at radius 3 is 1.52 bits per heavy atom. The molecule has 2 unspecified atom stereocenters. The van der Waals surface area contributed by atoms with Crippen LogP contribution in [0.1, 0.15) is 60.6 Å². The summed E-state index contributed by atoms with van der Waals surface area (Å²) in [6, 6.07) is 12.5. The smallest absolute Gasteiger partial charge is 0.326 e. The number of aryl methyl sites for hydroxylation is 1. The summed E-state index contributed by atoms with van der Waals surface area (Å²) in [6.07, 6.45) is -10.0. The van der Waals surface area contributed by atoms with E-state index in [0.29, 0.717) is 23.7 Å². The Kier molecular flexibility index (Phi) is 9.14. The molecule has 0 radical (unpaired) electrons. The Morgan fingerprint density at radius 2 is 1.12 bits per heavy atom. The van der Waals surface area contributed by atoms with Crippen molar-refractivity contribution in [2.45, 2.75) is 70.9 Å². The van der Waals surface area contributed by atoms with Crippen LogP contribution in [0.2, 0.25) is 0 Å². The lowest BCUT2D eigenvalue weighted by Gasteiger charge is -2.33. The topological polar surface area (TPSA) is 58.2 Å². The highest BCUT2D eigenvalue weighted by Gasteiger charge is 2.54.